The Hall–Kier alpha value is -2.36. The number of aromatic nitrogens is 1. The minimum Gasteiger partial charge on any atom is -0.346 e. The first-order valence-corrected chi connectivity index (χ1v) is 5.86. The number of rotatable bonds is 2. The number of amides is 2. The van der Waals surface area contributed by atoms with Crippen molar-refractivity contribution in [2.24, 2.45) is 0 Å². The molecule has 0 bridgehead atoms. The molecule has 1 aromatic heterocycles. The van der Waals surface area contributed by atoms with Crippen molar-refractivity contribution in [3.63, 3.8) is 0 Å². The van der Waals surface area contributed by atoms with Gasteiger partial charge in [-0.2, -0.15) is 0 Å². The van der Waals surface area contributed by atoms with Crippen LogP contribution in [0.2, 0.25) is 0 Å². The van der Waals surface area contributed by atoms with Crippen molar-refractivity contribution in [1.82, 2.24) is 4.57 Å². The van der Waals surface area contributed by atoms with Crippen LogP contribution in [0, 0.1) is 0 Å². The number of hydrogen-bond acceptors (Lipinski definition) is 2. The fourth-order valence-corrected chi connectivity index (χ4v) is 2.30. The van der Waals surface area contributed by atoms with E-state index in [0.29, 0.717) is 5.69 Å². The molecule has 4 heteroatoms. The van der Waals surface area contributed by atoms with Crippen molar-refractivity contribution >= 4 is 28.4 Å². The van der Waals surface area contributed by atoms with Crippen molar-refractivity contribution in [2.75, 3.05) is 4.90 Å². The minimum absolute atomic E-state index is 0.279. The van der Waals surface area contributed by atoms with E-state index in [4.69, 9.17) is 0 Å². The van der Waals surface area contributed by atoms with Gasteiger partial charge in [-0.25, -0.2) is 4.90 Å². The van der Waals surface area contributed by atoms with Crippen molar-refractivity contribution in [3.8, 4) is 0 Å². The highest BCUT2D eigenvalue weighted by molar-refractivity contribution is 6.30. The number of fused-ring (bicyclic) bond motifs is 1. The number of nitrogens with zero attached hydrogens (tertiary/aromatic N) is 2. The number of carbonyl (C=O) groups is 2. The van der Waals surface area contributed by atoms with Crippen LogP contribution in [-0.4, -0.2) is 16.4 Å². The summed E-state index contributed by atoms with van der Waals surface area (Å²) < 4.78 is 2.03. The maximum atomic E-state index is 11.7. The second-order valence-electron chi connectivity index (χ2n) is 4.16. The van der Waals surface area contributed by atoms with Crippen LogP contribution in [-0.2, 0) is 16.1 Å². The van der Waals surface area contributed by atoms with Crippen LogP contribution >= 0.6 is 0 Å². The number of hydrogen-bond donors (Lipinski definition) is 0. The third-order valence-electron chi connectivity index (χ3n) is 3.16. The lowest BCUT2D eigenvalue weighted by molar-refractivity contribution is -0.119. The molecule has 1 aliphatic heterocycles. The van der Waals surface area contributed by atoms with Crippen molar-refractivity contribution < 1.29 is 9.59 Å². The molecule has 0 unspecified atom stereocenters. The van der Waals surface area contributed by atoms with E-state index in [1.165, 1.54) is 17.1 Å². The Kier molecular flexibility index (Phi) is 2.30. The lowest BCUT2D eigenvalue weighted by Crippen LogP contribution is -2.29. The Morgan fingerprint density at radius 1 is 1.06 bits per heavy atom. The Morgan fingerprint density at radius 3 is 2.39 bits per heavy atom. The SMILES string of the molecule is CCn1cc(N2C(=O)C=CC2=O)c2ccccc21. The Bertz CT molecular complexity index is 664. The van der Waals surface area contributed by atoms with Gasteiger partial charge in [0, 0.05) is 30.3 Å². The van der Waals surface area contributed by atoms with Gasteiger partial charge in [0.1, 0.15) is 0 Å². The summed E-state index contributed by atoms with van der Waals surface area (Å²) in [5.41, 5.74) is 1.69. The molecule has 0 saturated heterocycles. The molecule has 1 aromatic carbocycles. The molecule has 4 nitrogen and oxygen atoms in total. The highest BCUT2D eigenvalue weighted by Crippen LogP contribution is 2.30. The molecule has 90 valence electrons. The summed E-state index contributed by atoms with van der Waals surface area (Å²) in [7, 11) is 0. The maximum Gasteiger partial charge on any atom is 0.258 e. The second-order valence-corrected chi connectivity index (χ2v) is 4.16. The van der Waals surface area contributed by atoms with Gasteiger partial charge < -0.3 is 4.57 Å². The third kappa shape index (κ3) is 1.39. The van der Waals surface area contributed by atoms with E-state index < -0.39 is 0 Å². The van der Waals surface area contributed by atoms with Gasteiger partial charge in [0.2, 0.25) is 0 Å². The zero-order chi connectivity index (χ0) is 12.7. The van der Waals surface area contributed by atoms with E-state index in [-0.39, 0.29) is 11.8 Å². The molecule has 1 aliphatic rings. The number of para-hydroxylation sites is 1. The lowest BCUT2D eigenvalue weighted by Gasteiger charge is -2.11. The number of benzene rings is 1. The molecule has 0 fully saturated rings. The fourth-order valence-electron chi connectivity index (χ4n) is 2.30. The molecule has 0 saturated carbocycles. The zero-order valence-corrected chi connectivity index (χ0v) is 9.96. The molecule has 3 rings (SSSR count). The molecule has 2 heterocycles. The predicted octanol–water partition coefficient (Wildman–Crippen LogP) is 2.09. The average molecular weight is 240 g/mol. The summed E-state index contributed by atoms with van der Waals surface area (Å²) in [6.45, 7) is 2.83. The Labute approximate surface area is 104 Å². The molecule has 2 aromatic rings. The molecule has 0 N–H and O–H groups in total. The van der Waals surface area contributed by atoms with Crippen molar-refractivity contribution in [1.29, 1.82) is 0 Å². The third-order valence-corrected chi connectivity index (χ3v) is 3.16. The highest BCUT2D eigenvalue weighted by Gasteiger charge is 2.27. The second kappa shape index (κ2) is 3.84. The predicted molar refractivity (Wildman–Crippen MR) is 69.2 cm³/mol. The summed E-state index contributed by atoms with van der Waals surface area (Å²) in [5.74, 6) is -0.557. The number of imide groups is 1. The summed E-state index contributed by atoms with van der Waals surface area (Å²) in [4.78, 5) is 24.7. The lowest BCUT2D eigenvalue weighted by atomic mass is 10.2. The molecule has 18 heavy (non-hydrogen) atoms. The molecule has 0 aliphatic carbocycles. The first-order chi connectivity index (χ1) is 8.72. The van der Waals surface area contributed by atoms with Gasteiger partial charge >= 0.3 is 0 Å². The van der Waals surface area contributed by atoms with Gasteiger partial charge in [-0.15, -0.1) is 0 Å². The molecule has 0 atom stereocenters. The molecular weight excluding hydrogens is 228 g/mol. The Balaban J connectivity index is 2.24. The van der Waals surface area contributed by atoms with Crippen molar-refractivity contribution in [2.45, 2.75) is 13.5 Å². The average Bonchev–Trinajstić information content (AvgIpc) is 2.90. The van der Waals surface area contributed by atoms with Crippen LogP contribution in [0.5, 0.6) is 0 Å². The van der Waals surface area contributed by atoms with E-state index in [9.17, 15) is 9.59 Å². The first kappa shape index (κ1) is 10.8. The maximum absolute atomic E-state index is 11.7. The smallest absolute Gasteiger partial charge is 0.258 e. The quantitative estimate of drug-likeness (QED) is 0.754. The van der Waals surface area contributed by atoms with Gasteiger partial charge in [0.25, 0.3) is 11.8 Å². The summed E-state index contributed by atoms with van der Waals surface area (Å²) >= 11 is 0. The van der Waals surface area contributed by atoms with Crippen LogP contribution < -0.4 is 4.90 Å². The van der Waals surface area contributed by atoms with E-state index in [0.717, 1.165) is 17.4 Å². The topological polar surface area (TPSA) is 42.3 Å². The van der Waals surface area contributed by atoms with Crippen LogP contribution in [0.1, 0.15) is 6.92 Å². The number of aryl methyl sites for hydroxylation is 1. The summed E-state index contributed by atoms with van der Waals surface area (Å²) in [6.07, 6.45) is 4.47. The number of anilines is 1. The zero-order valence-electron chi connectivity index (χ0n) is 9.96. The molecule has 0 radical (unpaired) electrons. The standard InChI is InChI=1S/C14H12N2O2/c1-2-15-9-12(10-5-3-4-6-11(10)15)16-13(17)7-8-14(16)18/h3-9H,2H2,1H3. The van der Waals surface area contributed by atoms with E-state index >= 15 is 0 Å². The summed E-state index contributed by atoms with van der Waals surface area (Å²) in [5, 5.41) is 0.921. The van der Waals surface area contributed by atoms with Gasteiger partial charge in [0.15, 0.2) is 0 Å². The number of carbonyl (C=O) groups excluding carboxylic acids is 2. The molecular formula is C14H12N2O2. The minimum atomic E-state index is -0.279. The fraction of sp³-hybridized carbons (Fsp3) is 0.143. The summed E-state index contributed by atoms with van der Waals surface area (Å²) in [6, 6.07) is 7.77. The molecule has 0 spiro atoms. The van der Waals surface area contributed by atoms with E-state index in [2.05, 4.69) is 0 Å². The first-order valence-electron chi connectivity index (χ1n) is 5.86. The van der Waals surface area contributed by atoms with Crippen LogP contribution in [0.15, 0.2) is 42.6 Å². The monoisotopic (exact) mass is 240 g/mol. The normalized spacial score (nSPS) is 15.1. The van der Waals surface area contributed by atoms with E-state index in [1.807, 2.05) is 42.0 Å². The van der Waals surface area contributed by atoms with Crippen molar-refractivity contribution in [3.05, 3.63) is 42.6 Å². The van der Waals surface area contributed by atoms with Gasteiger partial charge in [0.05, 0.1) is 11.2 Å². The van der Waals surface area contributed by atoms with Gasteiger partial charge in [-0.3, -0.25) is 9.59 Å². The van der Waals surface area contributed by atoms with Gasteiger partial charge in [-0.1, -0.05) is 18.2 Å². The Morgan fingerprint density at radius 2 is 1.72 bits per heavy atom. The van der Waals surface area contributed by atoms with Crippen LogP contribution in [0.4, 0.5) is 5.69 Å². The van der Waals surface area contributed by atoms with E-state index in [1.54, 1.807) is 0 Å². The van der Waals surface area contributed by atoms with Gasteiger partial charge in [-0.05, 0) is 13.0 Å². The highest BCUT2D eigenvalue weighted by atomic mass is 16.2. The molecule has 2 amide bonds. The largest absolute Gasteiger partial charge is 0.346 e. The van der Waals surface area contributed by atoms with Crippen LogP contribution in [0.25, 0.3) is 10.9 Å². The van der Waals surface area contributed by atoms with Crippen LogP contribution in [0.3, 0.4) is 0 Å².